The van der Waals surface area contributed by atoms with Gasteiger partial charge in [-0.1, -0.05) is 11.6 Å². The number of aliphatic hydroxyl groups excluding tert-OH is 1. The molecule has 0 aromatic heterocycles. The van der Waals surface area contributed by atoms with Crippen molar-refractivity contribution in [3.63, 3.8) is 0 Å². The van der Waals surface area contributed by atoms with E-state index in [1.165, 1.54) is 0 Å². The Morgan fingerprint density at radius 1 is 1.44 bits per heavy atom. The van der Waals surface area contributed by atoms with Crippen molar-refractivity contribution in [2.45, 2.75) is 6.92 Å². The average molecular weight is 305 g/mol. The average Bonchev–Trinajstić information content (AvgIpc) is 2.32. The van der Waals surface area contributed by atoms with E-state index in [-0.39, 0.29) is 6.61 Å². The number of benzene rings is 1. The summed E-state index contributed by atoms with van der Waals surface area (Å²) in [6.45, 7) is 2.98. The van der Waals surface area contributed by atoms with E-state index in [1.807, 2.05) is 25.1 Å². The molecule has 0 fully saturated rings. The first-order valence-electron chi connectivity index (χ1n) is 5.63. The normalized spacial score (nSPS) is 10.2. The molecule has 0 saturated carbocycles. The van der Waals surface area contributed by atoms with Gasteiger partial charge in [0.05, 0.1) is 6.61 Å². The van der Waals surface area contributed by atoms with E-state index < -0.39 is 0 Å². The Labute approximate surface area is 122 Å². The minimum atomic E-state index is 0.220. The highest BCUT2D eigenvalue weighted by molar-refractivity contribution is 7.99. The fraction of sp³-hybridized carbons (Fsp3) is 0.417. The SMILES string of the molecule is Cc1cc(Cl)ccc1NC(=S)NCCSCCO. The predicted molar refractivity (Wildman–Crippen MR) is 84.8 cm³/mol. The third-order valence-electron chi connectivity index (χ3n) is 2.20. The van der Waals surface area contributed by atoms with Crippen molar-refractivity contribution in [2.24, 2.45) is 0 Å². The Kier molecular flexibility index (Phi) is 7.42. The van der Waals surface area contributed by atoms with Crippen molar-refractivity contribution in [3.05, 3.63) is 28.8 Å². The molecule has 0 unspecified atom stereocenters. The fourth-order valence-electron chi connectivity index (χ4n) is 1.34. The maximum absolute atomic E-state index is 8.63. The molecule has 6 heteroatoms. The molecule has 1 aromatic rings. The molecule has 3 N–H and O–H groups in total. The zero-order valence-electron chi connectivity index (χ0n) is 10.2. The summed E-state index contributed by atoms with van der Waals surface area (Å²) in [6.07, 6.45) is 0. The van der Waals surface area contributed by atoms with Crippen LogP contribution in [-0.4, -0.2) is 34.9 Å². The van der Waals surface area contributed by atoms with Gasteiger partial charge in [0.2, 0.25) is 0 Å². The molecule has 0 aliphatic rings. The zero-order valence-corrected chi connectivity index (χ0v) is 12.6. The molecule has 18 heavy (non-hydrogen) atoms. The van der Waals surface area contributed by atoms with Crippen molar-refractivity contribution in [1.29, 1.82) is 0 Å². The Morgan fingerprint density at radius 3 is 2.89 bits per heavy atom. The molecule has 0 heterocycles. The summed E-state index contributed by atoms with van der Waals surface area (Å²) in [7, 11) is 0. The minimum absolute atomic E-state index is 0.220. The molecule has 0 bridgehead atoms. The van der Waals surface area contributed by atoms with Gasteiger partial charge in [-0.15, -0.1) is 0 Å². The van der Waals surface area contributed by atoms with Crippen LogP contribution in [0.2, 0.25) is 5.02 Å². The molecule has 0 atom stereocenters. The van der Waals surface area contributed by atoms with Crippen LogP contribution in [0.5, 0.6) is 0 Å². The molecule has 0 spiro atoms. The fourth-order valence-corrected chi connectivity index (χ4v) is 2.36. The molecule has 3 nitrogen and oxygen atoms in total. The number of hydrogen-bond donors (Lipinski definition) is 3. The lowest BCUT2D eigenvalue weighted by atomic mass is 10.2. The molecule has 100 valence electrons. The summed E-state index contributed by atoms with van der Waals surface area (Å²) in [5.41, 5.74) is 2.02. The Balaban J connectivity index is 2.31. The lowest BCUT2D eigenvalue weighted by Crippen LogP contribution is -2.30. The number of aryl methyl sites for hydroxylation is 1. The first-order valence-corrected chi connectivity index (χ1v) is 7.57. The van der Waals surface area contributed by atoms with E-state index in [2.05, 4.69) is 10.6 Å². The molecule has 0 amide bonds. The van der Waals surface area contributed by atoms with E-state index in [9.17, 15) is 0 Å². The monoisotopic (exact) mass is 304 g/mol. The van der Waals surface area contributed by atoms with Gasteiger partial charge in [-0.2, -0.15) is 11.8 Å². The van der Waals surface area contributed by atoms with Gasteiger partial charge in [-0.05, 0) is 42.9 Å². The number of thiocarbonyl (C=S) groups is 1. The van der Waals surface area contributed by atoms with Crippen molar-refractivity contribution in [2.75, 3.05) is 30.0 Å². The van der Waals surface area contributed by atoms with Gasteiger partial charge in [-0.3, -0.25) is 0 Å². The lowest BCUT2D eigenvalue weighted by molar-refractivity contribution is 0.322. The second-order valence-corrected chi connectivity index (χ2v) is 5.75. The van der Waals surface area contributed by atoms with E-state index in [4.69, 9.17) is 28.9 Å². The maximum atomic E-state index is 8.63. The quantitative estimate of drug-likeness (QED) is 0.557. The maximum Gasteiger partial charge on any atom is 0.170 e. The second kappa shape index (κ2) is 8.58. The molecule has 1 aromatic carbocycles. The number of anilines is 1. The first-order chi connectivity index (χ1) is 8.63. The van der Waals surface area contributed by atoms with E-state index in [1.54, 1.807) is 11.8 Å². The van der Waals surface area contributed by atoms with Crippen LogP contribution in [0, 0.1) is 6.92 Å². The van der Waals surface area contributed by atoms with E-state index in [0.717, 1.165) is 34.3 Å². The summed E-state index contributed by atoms with van der Waals surface area (Å²) in [5.74, 6) is 1.68. The largest absolute Gasteiger partial charge is 0.396 e. The molecule has 0 saturated heterocycles. The number of thioether (sulfide) groups is 1. The van der Waals surface area contributed by atoms with Crippen molar-refractivity contribution in [3.8, 4) is 0 Å². The Hall–Kier alpha value is -0.490. The van der Waals surface area contributed by atoms with Crippen molar-refractivity contribution in [1.82, 2.24) is 5.32 Å². The lowest BCUT2D eigenvalue weighted by Gasteiger charge is -2.12. The summed E-state index contributed by atoms with van der Waals surface area (Å²) >= 11 is 12.8. The molecular formula is C12H17ClN2OS2. The number of hydrogen-bond acceptors (Lipinski definition) is 3. The number of halogens is 1. The Bertz CT molecular complexity index is 402. The number of nitrogens with one attached hydrogen (secondary N) is 2. The molecule has 1 rings (SSSR count). The van der Waals surface area contributed by atoms with Gasteiger partial charge >= 0.3 is 0 Å². The highest BCUT2D eigenvalue weighted by Crippen LogP contribution is 2.19. The number of rotatable bonds is 6. The van der Waals surface area contributed by atoms with Gasteiger partial charge in [0.25, 0.3) is 0 Å². The third kappa shape index (κ3) is 5.91. The molecular weight excluding hydrogens is 288 g/mol. The highest BCUT2D eigenvalue weighted by atomic mass is 35.5. The predicted octanol–water partition coefficient (Wildman–Crippen LogP) is 2.66. The van der Waals surface area contributed by atoms with Crippen LogP contribution < -0.4 is 10.6 Å². The topological polar surface area (TPSA) is 44.3 Å². The standard InChI is InChI=1S/C12H17ClN2OS2/c1-9-8-10(13)2-3-11(9)15-12(17)14-4-6-18-7-5-16/h2-3,8,16H,4-7H2,1H3,(H2,14,15,17). The van der Waals surface area contributed by atoms with Gasteiger partial charge < -0.3 is 15.7 Å². The Morgan fingerprint density at radius 2 is 2.22 bits per heavy atom. The van der Waals surface area contributed by atoms with Gasteiger partial charge in [-0.25, -0.2) is 0 Å². The van der Waals surface area contributed by atoms with Crippen LogP contribution in [0.1, 0.15) is 5.56 Å². The van der Waals surface area contributed by atoms with Crippen LogP contribution in [0.15, 0.2) is 18.2 Å². The summed E-state index contributed by atoms with van der Waals surface area (Å²) in [5, 5.41) is 16.2. The van der Waals surface area contributed by atoms with Gasteiger partial charge in [0.15, 0.2) is 5.11 Å². The second-order valence-electron chi connectivity index (χ2n) is 3.68. The van der Waals surface area contributed by atoms with Gasteiger partial charge in [0.1, 0.15) is 0 Å². The van der Waals surface area contributed by atoms with E-state index >= 15 is 0 Å². The first kappa shape index (κ1) is 15.6. The minimum Gasteiger partial charge on any atom is -0.396 e. The summed E-state index contributed by atoms with van der Waals surface area (Å²) in [6, 6.07) is 5.63. The molecule has 0 aliphatic heterocycles. The van der Waals surface area contributed by atoms with Crippen LogP contribution in [0.4, 0.5) is 5.69 Å². The van der Waals surface area contributed by atoms with Crippen LogP contribution in [0.3, 0.4) is 0 Å². The van der Waals surface area contributed by atoms with Crippen LogP contribution in [0.25, 0.3) is 0 Å². The van der Waals surface area contributed by atoms with Crippen LogP contribution in [-0.2, 0) is 0 Å². The number of aliphatic hydroxyl groups is 1. The van der Waals surface area contributed by atoms with Gasteiger partial charge in [0, 0.05) is 28.8 Å². The smallest absolute Gasteiger partial charge is 0.170 e. The highest BCUT2D eigenvalue weighted by Gasteiger charge is 2.01. The summed E-state index contributed by atoms with van der Waals surface area (Å²) in [4.78, 5) is 0. The van der Waals surface area contributed by atoms with Crippen molar-refractivity contribution >= 4 is 46.4 Å². The van der Waals surface area contributed by atoms with Crippen LogP contribution >= 0.6 is 35.6 Å². The summed E-state index contributed by atoms with van der Waals surface area (Å²) < 4.78 is 0. The zero-order chi connectivity index (χ0) is 13.4. The molecule has 0 radical (unpaired) electrons. The van der Waals surface area contributed by atoms with E-state index in [0.29, 0.717) is 5.11 Å². The molecule has 0 aliphatic carbocycles. The third-order valence-corrected chi connectivity index (χ3v) is 3.65. The van der Waals surface area contributed by atoms with Crippen molar-refractivity contribution < 1.29 is 5.11 Å².